The van der Waals surface area contributed by atoms with Gasteiger partial charge in [-0.05, 0) is 48.7 Å². The lowest BCUT2D eigenvalue weighted by Crippen LogP contribution is -2.65. The molecule has 0 amide bonds. The number of nitrogens with zero attached hydrogens (tertiary/aromatic N) is 1. The number of fused-ring (bicyclic) bond motifs is 1. The van der Waals surface area contributed by atoms with Gasteiger partial charge in [0.15, 0.2) is 5.60 Å². The third-order valence-corrected chi connectivity index (χ3v) is 10.3. The van der Waals surface area contributed by atoms with Crippen LogP contribution in [0.5, 0.6) is 5.75 Å². The van der Waals surface area contributed by atoms with Crippen LogP contribution in [0.3, 0.4) is 0 Å². The van der Waals surface area contributed by atoms with E-state index in [0.29, 0.717) is 23.2 Å². The second-order valence-corrected chi connectivity index (χ2v) is 12.7. The van der Waals surface area contributed by atoms with E-state index in [0.717, 1.165) is 11.1 Å². The van der Waals surface area contributed by atoms with E-state index in [-0.39, 0.29) is 10.9 Å². The molecule has 1 unspecified atom stereocenters. The first-order chi connectivity index (χ1) is 13.9. The van der Waals surface area contributed by atoms with Crippen molar-refractivity contribution in [3.63, 3.8) is 0 Å². The number of hydrogen-bond acceptors (Lipinski definition) is 3. The third kappa shape index (κ3) is 2.96. The minimum absolute atomic E-state index is 0.000778. The summed E-state index contributed by atoms with van der Waals surface area (Å²) in [4.78, 5) is 0. The lowest BCUT2D eigenvalue weighted by molar-refractivity contribution is -0.0430. The molecule has 2 aliphatic rings. The predicted octanol–water partition coefficient (Wildman–Crippen LogP) is 5.84. The minimum Gasteiger partial charge on any atom is -0.480 e. The van der Waals surface area contributed by atoms with Crippen molar-refractivity contribution in [3.05, 3.63) is 62.8 Å². The van der Waals surface area contributed by atoms with Crippen molar-refractivity contribution in [1.82, 2.24) is 4.31 Å². The molecule has 0 aliphatic carbocycles. The fourth-order valence-corrected chi connectivity index (χ4v) is 7.08. The van der Waals surface area contributed by atoms with Gasteiger partial charge in [-0.15, -0.1) is 0 Å². The van der Waals surface area contributed by atoms with Crippen molar-refractivity contribution in [3.8, 4) is 5.75 Å². The van der Waals surface area contributed by atoms with E-state index in [2.05, 4.69) is 15.9 Å². The normalized spacial score (nSPS) is 26.8. The van der Waals surface area contributed by atoms with Crippen LogP contribution in [0, 0.1) is 5.82 Å². The van der Waals surface area contributed by atoms with Gasteiger partial charge in [-0.2, -0.15) is 4.31 Å². The Labute approximate surface area is 190 Å². The molecule has 0 radical (unpaired) electrons. The van der Waals surface area contributed by atoms with E-state index in [1.165, 1.54) is 6.07 Å². The largest absolute Gasteiger partial charge is 0.480 e. The molecule has 2 heterocycles. The highest BCUT2D eigenvalue weighted by Gasteiger charge is 2.61. The van der Waals surface area contributed by atoms with E-state index in [1.807, 2.05) is 37.3 Å². The van der Waals surface area contributed by atoms with Crippen molar-refractivity contribution in [2.75, 3.05) is 6.54 Å². The lowest BCUT2D eigenvalue weighted by atomic mass is 9.72. The smallest absolute Gasteiger partial charge is 0.219 e. The molecule has 0 aromatic heterocycles. The summed E-state index contributed by atoms with van der Waals surface area (Å²) in [6.45, 7) is 7.52. The Morgan fingerprint density at radius 2 is 1.90 bits per heavy atom. The van der Waals surface area contributed by atoms with Crippen LogP contribution < -0.4 is 4.74 Å². The quantitative estimate of drug-likeness (QED) is 0.482. The van der Waals surface area contributed by atoms with Crippen molar-refractivity contribution in [2.45, 2.75) is 56.4 Å². The summed E-state index contributed by atoms with van der Waals surface area (Å²) in [5.74, 6) is -0.448. The van der Waals surface area contributed by atoms with Crippen molar-refractivity contribution >= 4 is 37.6 Å². The monoisotopic (exact) mass is 515 g/mol. The lowest BCUT2D eigenvalue weighted by Gasteiger charge is -2.52. The van der Waals surface area contributed by atoms with Crippen LogP contribution in [0.4, 0.5) is 4.39 Å². The fraction of sp³-hybridized carbons (Fsp3) is 0.455. The molecule has 30 heavy (non-hydrogen) atoms. The first-order valence-corrected chi connectivity index (χ1v) is 12.5. The SMILES string of the molecule is C[C@H]1c2c(cc(F)c(Cl)c2Br)O[C@@]1(c1ccccc1)C1CCN1S(=O)(=O)C(C)(C)C. The van der Waals surface area contributed by atoms with Gasteiger partial charge in [-0.3, -0.25) is 0 Å². The molecular weight excluding hydrogens is 493 g/mol. The van der Waals surface area contributed by atoms with Crippen LogP contribution in [0.15, 0.2) is 40.9 Å². The summed E-state index contributed by atoms with van der Waals surface area (Å²) < 4.78 is 48.6. The van der Waals surface area contributed by atoms with Crippen LogP contribution in [-0.2, 0) is 15.6 Å². The molecule has 4 rings (SSSR count). The first kappa shape index (κ1) is 22.1. The molecule has 0 spiro atoms. The molecule has 8 heteroatoms. The van der Waals surface area contributed by atoms with E-state index >= 15 is 0 Å². The van der Waals surface area contributed by atoms with E-state index in [1.54, 1.807) is 25.1 Å². The van der Waals surface area contributed by atoms with Crippen LogP contribution >= 0.6 is 27.5 Å². The Kier molecular flexibility index (Phi) is 5.29. The summed E-state index contributed by atoms with van der Waals surface area (Å²) in [6, 6.07) is 10.5. The Morgan fingerprint density at radius 1 is 1.27 bits per heavy atom. The zero-order valence-corrected chi connectivity index (χ0v) is 20.4. The van der Waals surface area contributed by atoms with Gasteiger partial charge >= 0.3 is 0 Å². The molecule has 2 aromatic rings. The van der Waals surface area contributed by atoms with Crippen molar-refractivity contribution < 1.29 is 17.5 Å². The molecule has 1 saturated heterocycles. The summed E-state index contributed by atoms with van der Waals surface area (Å²) in [5, 5.41) is 0.000778. The highest BCUT2D eigenvalue weighted by atomic mass is 79.9. The van der Waals surface area contributed by atoms with Gasteiger partial charge in [0.25, 0.3) is 0 Å². The topological polar surface area (TPSA) is 46.6 Å². The molecule has 3 atom stereocenters. The maximum atomic E-state index is 14.4. The molecule has 162 valence electrons. The Balaban J connectivity index is 1.91. The zero-order chi connectivity index (χ0) is 22.1. The first-order valence-electron chi connectivity index (χ1n) is 9.86. The second-order valence-electron chi connectivity index (χ2n) is 8.91. The summed E-state index contributed by atoms with van der Waals surface area (Å²) in [7, 11) is -3.57. The standard InChI is InChI=1S/C22H24BrClFNO3S/c1-13-18-16(12-15(25)20(24)19(18)23)29-22(13,14-8-6-5-7-9-14)17-10-11-26(17)30(27,28)21(2,3)4/h5-9,12-13,17H,10-11H2,1-4H3/t13-,17?,22-/m0/s1. The van der Waals surface area contributed by atoms with Crippen LogP contribution in [0.2, 0.25) is 5.02 Å². The zero-order valence-electron chi connectivity index (χ0n) is 17.2. The molecule has 2 aliphatic heterocycles. The van der Waals surface area contributed by atoms with Crippen LogP contribution in [0.1, 0.15) is 51.2 Å². The number of hydrogen-bond donors (Lipinski definition) is 0. The molecule has 0 N–H and O–H groups in total. The third-order valence-electron chi connectivity index (χ3n) is 6.29. The molecule has 1 fully saturated rings. The Hall–Kier alpha value is -1.15. The fourth-order valence-electron chi connectivity index (χ4n) is 4.55. The number of halogens is 3. The van der Waals surface area contributed by atoms with Gasteiger partial charge in [-0.1, -0.05) is 48.9 Å². The summed E-state index contributed by atoms with van der Waals surface area (Å²) >= 11 is 9.61. The molecular formula is C22H24BrClFNO3S. The number of ether oxygens (including phenoxy) is 1. The van der Waals surface area contributed by atoms with E-state index in [9.17, 15) is 12.8 Å². The van der Waals surface area contributed by atoms with Gasteiger partial charge in [0.05, 0.1) is 15.8 Å². The maximum absolute atomic E-state index is 14.4. The van der Waals surface area contributed by atoms with Gasteiger partial charge in [0.1, 0.15) is 11.6 Å². The van der Waals surface area contributed by atoms with E-state index < -0.39 is 32.2 Å². The van der Waals surface area contributed by atoms with Crippen molar-refractivity contribution in [1.29, 1.82) is 0 Å². The second kappa shape index (κ2) is 7.19. The highest BCUT2D eigenvalue weighted by Crippen LogP contribution is 2.59. The Bertz CT molecular complexity index is 1100. The average Bonchev–Trinajstić information content (AvgIpc) is 2.91. The number of rotatable bonds is 3. The highest BCUT2D eigenvalue weighted by molar-refractivity contribution is 9.10. The van der Waals surface area contributed by atoms with Gasteiger partial charge in [-0.25, -0.2) is 12.8 Å². The predicted molar refractivity (Wildman–Crippen MR) is 120 cm³/mol. The Morgan fingerprint density at radius 3 is 2.43 bits per heavy atom. The minimum atomic E-state index is -3.57. The molecule has 0 saturated carbocycles. The van der Waals surface area contributed by atoms with Gasteiger partial charge in [0, 0.05) is 28.6 Å². The van der Waals surface area contributed by atoms with Gasteiger partial charge < -0.3 is 4.74 Å². The molecule has 4 nitrogen and oxygen atoms in total. The molecule has 0 bridgehead atoms. The van der Waals surface area contributed by atoms with Crippen LogP contribution in [0.25, 0.3) is 0 Å². The van der Waals surface area contributed by atoms with E-state index in [4.69, 9.17) is 16.3 Å². The maximum Gasteiger partial charge on any atom is 0.219 e. The number of sulfonamides is 1. The summed E-state index contributed by atoms with van der Waals surface area (Å²) in [5.41, 5.74) is 0.626. The summed E-state index contributed by atoms with van der Waals surface area (Å²) in [6.07, 6.45) is 0.649. The average molecular weight is 517 g/mol. The van der Waals surface area contributed by atoms with Crippen LogP contribution in [-0.4, -0.2) is 30.1 Å². The number of benzene rings is 2. The van der Waals surface area contributed by atoms with Gasteiger partial charge in [0.2, 0.25) is 10.0 Å². The van der Waals surface area contributed by atoms with Crippen molar-refractivity contribution in [2.24, 2.45) is 0 Å². The molecule has 2 aromatic carbocycles.